The van der Waals surface area contributed by atoms with E-state index in [1.165, 1.54) is 18.2 Å². The van der Waals surface area contributed by atoms with E-state index in [4.69, 9.17) is 6.42 Å². The van der Waals surface area contributed by atoms with E-state index in [0.717, 1.165) is 4.90 Å². The van der Waals surface area contributed by atoms with Crippen molar-refractivity contribution in [1.82, 2.24) is 4.72 Å². The Morgan fingerprint density at radius 3 is 2.54 bits per heavy atom. The maximum absolute atomic E-state index is 12.3. The predicted molar refractivity (Wildman–Crippen MR) is 96.6 cm³/mol. The van der Waals surface area contributed by atoms with Gasteiger partial charge in [0.15, 0.2) is 0 Å². The zero-order valence-electron chi connectivity index (χ0n) is 12.9. The Hall–Kier alpha value is -2.27. The topological polar surface area (TPSA) is 75.3 Å². The fraction of sp³-hybridized carbons (Fsp3) is 0.118. The Balaban J connectivity index is 2.18. The Morgan fingerprint density at radius 1 is 1.21 bits per heavy atom. The Kier molecular flexibility index (Phi) is 6.04. The first-order chi connectivity index (χ1) is 11.5. The molecule has 0 unspecified atom stereocenters. The molecule has 2 aromatic rings. The number of carbonyl (C=O) groups is 1. The molecule has 0 saturated heterocycles. The van der Waals surface area contributed by atoms with Gasteiger partial charge in [-0.15, -0.1) is 18.2 Å². The fourth-order valence-corrected chi connectivity index (χ4v) is 3.29. The molecule has 1 amide bonds. The number of rotatable bonds is 6. The molecule has 7 heteroatoms. The predicted octanol–water partition coefficient (Wildman–Crippen LogP) is 2.57. The third kappa shape index (κ3) is 4.61. The second-order valence-corrected chi connectivity index (χ2v) is 7.39. The number of carbonyl (C=O) groups excluding carboxylic acids is 1. The summed E-state index contributed by atoms with van der Waals surface area (Å²) in [5, 5.41) is 2.74. The lowest BCUT2D eigenvalue weighted by atomic mass is 10.2. The molecule has 0 heterocycles. The van der Waals surface area contributed by atoms with E-state index in [1.807, 2.05) is 18.4 Å². The summed E-state index contributed by atoms with van der Waals surface area (Å²) >= 11 is 1.60. The van der Waals surface area contributed by atoms with Crippen LogP contribution in [0, 0.1) is 12.3 Å². The van der Waals surface area contributed by atoms with Gasteiger partial charge in [0.2, 0.25) is 10.0 Å². The van der Waals surface area contributed by atoms with E-state index < -0.39 is 10.0 Å². The molecule has 0 atom stereocenters. The second kappa shape index (κ2) is 8.02. The molecule has 124 valence electrons. The first-order valence-electron chi connectivity index (χ1n) is 6.95. The first kappa shape index (κ1) is 18.1. The minimum atomic E-state index is -3.74. The molecule has 0 aliphatic carbocycles. The van der Waals surface area contributed by atoms with Crippen LogP contribution in [0.5, 0.6) is 0 Å². The van der Waals surface area contributed by atoms with Gasteiger partial charge in [-0.3, -0.25) is 4.79 Å². The number of sulfonamides is 1. The van der Waals surface area contributed by atoms with Crippen LogP contribution in [-0.2, 0) is 10.0 Å². The van der Waals surface area contributed by atoms with Crippen LogP contribution in [0.2, 0.25) is 0 Å². The monoisotopic (exact) mass is 360 g/mol. The Labute approximate surface area is 145 Å². The van der Waals surface area contributed by atoms with Crippen LogP contribution in [0.1, 0.15) is 10.4 Å². The zero-order chi connectivity index (χ0) is 17.6. The summed E-state index contributed by atoms with van der Waals surface area (Å²) in [5.74, 6) is 1.81. The van der Waals surface area contributed by atoms with E-state index >= 15 is 0 Å². The van der Waals surface area contributed by atoms with Gasteiger partial charge in [0.25, 0.3) is 5.91 Å². The maximum Gasteiger partial charge on any atom is 0.255 e. The highest BCUT2D eigenvalue weighted by Gasteiger charge is 2.15. The molecule has 0 fully saturated rings. The van der Waals surface area contributed by atoms with Crippen LogP contribution in [0.25, 0.3) is 0 Å². The third-order valence-corrected chi connectivity index (χ3v) is 5.26. The summed E-state index contributed by atoms with van der Waals surface area (Å²) in [7, 11) is -3.74. The van der Waals surface area contributed by atoms with E-state index in [2.05, 4.69) is 16.0 Å². The normalized spacial score (nSPS) is 10.8. The molecule has 2 N–H and O–H groups in total. The average molecular weight is 360 g/mol. The fourth-order valence-electron chi connectivity index (χ4n) is 1.90. The number of nitrogens with one attached hydrogen (secondary N) is 2. The highest BCUT2D eigenvalue weighted by atomic mass is 32.2. The standard InChI is InChI=1S/C17H16N2O3S2/c1-3-11-18-24(21,22)16-6-4-5-13(12-16)17(20)19-14-7-9-15(23-2)10-8-14/h1,4-10,12,18H,11H2,2H3,(H,19,20). The van der Waals surface area contributed by atoms with Gasteiger partial charge in [0.1, 0.15) is 0 Å². The van der Waals surface area contributed by atoms with Crippen molar-refractivity contribution >= 4 is 33.4 Å². The second-order valence-electron chi connectivity index (χ2n) is 4.74. The summed E-state index contributed by atoms with van der Waals surface area (Å²) in [4.78, 5) is 13.4. The van der Waals surface area contributed by atoms with E-state index in [1.54, 1.807) is 30.0 Å². The van der Waals surface area contributed by atoms with Crippen LogP contribution in [0.4, 0.5) is 5.69 Å². The van der Waals surface area contributed by atoms with Gasteiger partial charge in [-0.2, -0.15) is 4.72 Å². The zero-order valence-corrected chi connectivity index (χ0v) is 14.6. The quantitative estimate of drug-likeness (QED) is 0.613. The smallest absolute Gasteiger partial charge is 0.255 e. The molecule has 0 radical (unpaired) electrons. The van der Waals surface area contributed by atoms with Crippen molar-refractivity contribution < 1.29 is 13.2 Å². The lowest BCUT2D eigenvalue weighted by Crippen LogP contribution is -2.24. The van der Waals surface area contributed by atoms with Gasteiger partial charge in [-0.05, 0) is 48.7 Å². The van der Waals surface area contributed by atoms with Gasteiger partial charge < -0.3 is 5.32 Å². The minimum Gasteiger partial charge on any atom is -0.322 e. The number of hydrogen-bond acceptors (Lipinski definition) is 4. The summed E-state index contributed by atoms with van der Waals surface area (Å²) in [6.45, 7) is -0.111. The van der Waals surface area contributed by atoms with Gasteiger partial charge in [0.05, 0.1) is 11.4 Å². The van der Waals surface area contributed by atoms with Gasteiger partial charge in [0, 0.05) is 16.1 Å². The molecular formula is C17H16N2O3S2. The number of terminal acetylenes is 1. The van der Waals surface area contributed by atoms with E-state index in [-0.39, 0.29) is 22.9 Å². The van der Waals surface area contributed by atoms with Gasteiger partial charge in [-0.1, -0.05) is 12.0 Å². The van der Waals surface area contributed by atoms with Crippen LogP contribution < -0.4 is 10.0 Å². The number of anilines is 1. The van der Waals surface area contributed by atoms with Crippen LogP contribution in [0.15, 0.2) is 58.3 Å². The van der Waals surface area contributed by atoms with Crippen molar-refractivity contribution in [2.24, 2.45) is 0 Å². The van der Waals surface area contributed by atoms with Crippen molar-refractivity contribution in [1.29, 1.82) is 0 Å². The number of amides is 1. The molecule has 0 aromatic heterocycles. The molecule has 5 nitrogen and oxygen atoms in total. The molecule has 0 aliphatic rings. The molecule has 0 aliphatic heterocycles. The van der Waals surface area contributed by atoms with Crippen LogP contribution in [-0.4, -0.2) is 27.1 Å². The minimum absolute atomic E-state index is 0.0110. The molecule has 0 spiro atoms. The summed E-state index contributed by atoms with van der Waals surface area (Å²) in [6.07, 6.45) is 7.02. The number of hydrogen-bond donors (Lipinski definition) is 2. The SMILES string of the molecule is C#CCNS(=O)(=O)c1cccc(C(=O)Nc2ccc(SC)cc2)c1. The Bertz CT molecular complexity index is 869. The summed E-state index contributed by atoms with van der Waals surface area (Å²) in [6, 6.07) is 13.1. The largest absolute Gasteiger partial charge is 0.322 e. The number of thioether (sulfide) groups is 1. The average Bonchev–Trinajstić information content (AvgIpc) is 2.61. The lowest BCUT2D eigenvalue weighted by molar-refractivity contribution is 0.102. The summed E-state index contributed by atoms with van der Waals surface area (Å²) < 4.78 is 26.4. The lowest BCUT2D eigenvalue weighted by Gasteiger charge is -2.08. The van der Waals surface area contributed by atoms with Gasteiger partial charge in [-0.25, -0.2) is 8.42 Å². The van der Waals surface area contributed by atoms with Crippen molar-refractivity contribution in [3.8, 4) is 12.3 Å². The Morgan fingerprint density at radius 2 is 1.92 bits per heavy atom. The van der Waals surface area contributed by atoms with Crippen LogP contribution >= 0.6 is 11.8 Å². The van der Waals surface area contributed by atoms with Crippen molar-refractivity contribution in [2.75, 3.05) is 18.1 Å². The number of benzene rings is 2. The summed E-state index contributed by atoms with van der Waals surface area (Å²) in [5.41, 5.74) is 0.879. The molecule has 0 bridgehead atoms. The van der Waals surface area contributed by atoms with Crippen LogP contribution in [0.3, 0.4) is 0 Å². The van der Waals surface area contributed by atoms with E-state index in [9.17, 15) is 13.2 Å². The molecular weight excluding hydrogens is 344 g/mol. The van der Waals surface area contributed by atoms with Gasteiger partial charge >= 0.3 is 0 Å². The highest BCUT2D eigenvalue weighted by Crippen LogP contribution is 2.18. The van der Waals surface area contributed by atoms with E-state index in [0.29, 0.717) is 5.69 Å². The molecule has 2 aromatic carbocycles. The van der Waals surface area contributed by atoms with Crippen molar-refractivity contribution in [3.63, 3.8) is 0 Å². The maximum atomic E-state index is 12.3. The molecule has 2 rings (SSSR count). The van der Waals surface area contributed by atoms with Crippen molar-refractivity contribution in [2.45, 2.75) is 9.79 Å². The highest BCUT2D eigenvalue weighted by molar-refractivity contribution is 7.98. The van der Waals surface area contributed by atoms with Crippen molar-refractivity contribution in [3.05, 3.63) is 54.1 Å². The first-order valence-corrected chi connectivity index (χ1v) is 9.65. The molecule has 0 saturated carbocycles. The molecule has 24 heavy (non-hydrogen) atoms. The third-order valence-electron chi connectivity index (χ3n) is 3.12.